The van der Waals surface area contributed by atoms with Crippen molar-refractivity contribution >= 4 is 11.6 Å². The number of carbonyl (C=O) groups is 1. The Morgan fingerprint density at radius 2 is 2.00 bits per heavy atom. The molecule has 0 unspecified atom stereocenters. The number of halogens is 3. The van der Waals surface area contributed by atoms with Gasteiger partial charge >= 0.3 is 6.18 Å². The number of aryl methyl sites for hydroxylation is 1. The minimum Gasteiger partial charge on any atom is -0.311 e. The molecule has 0 saturated heterocycles. The zero-order valence-electron chi connectivity index (χ0n) is 10.5. The Hall–Kier alpha value is -1.52. The summed E-state index contributed by atoms with van der Waals surface area (Å²) in [6, 6.07) is 5.62. The first-order valence-electron chi connectivity index (χ1n) is 6.33. The summed E-state index contributed by atoms with van der Waals surface area (Å²) in [6.07, 6.45) is -3.68. The van der Waals surface area contributed by atoms with Gasteiger partial charge in [-0.15, -0.1) is 0 Å². The molecule has 0 N–H and O–H groups in total. The van der Waals surface area contributed by atoms with E-state index in [9.17, 15) is 18.0 Å². The van der Waals surface area contributed by atoms with Gasteiger partial charge < -0.3 is 4.90 Å². The first-order valence-corrected chi connectivity index (χ1v) is 6.33. The van der Waals surface area contributed by atoms with E-state index in [2.05, 4.69) is 0 Å². The van der Waals surface area contributed by atoms with E-state index < -0.39 is 18.0 Å². The quantitative estimate of drug-likeness (QED) is 0.806. The van der Waals surface area contributed by atoms with Crippen molar-refractivity contribution in [2.45, 2.75) is 37.8 Å². The van der Waals surface area contributed by atoms with Crippen molar-refractivity contribution in [1.82, 2.24) is 0 Å². The van der Waals surface area contributed by atoms with Gasteiger partial charge in [-0.25, -0.2) is 0 Å². The number of nitrogens with zero attached hydrogens (tertiary/aromatic N) is 1. The summed E-state index contributed by atoms with van der Waals surface area (Å²) in [7, 11) is 0. The van der Waals surface area contributed by atoms with Gasteiger partial charge in [0.2, 0.25) is 5.91 Å². The maximum Gasteiger partial charge on any atom is 0.390 e. The van der Waals surface area contributed by atoms with E-state index in [0.717, 1.165) is 24.0 Å². The molecule has 0 radical (unpaired) electrons. The van der Waals surface area contributed by atoms with Crippen LogP contribution in [-0.2, 0) is 10.2 Å². The van der Waals surface area contributed by atoms with Crippen molar-refractivity contribution < 1.29 is 18.0 Å². The molecule has 2 aliphatic rings. The number of amides is 1. The highest BCUT2D eigenvalue weighted by molar-refractivity contribution is 6.10. The molecular weight excluding hydrogens is 255 g/mol. The lowest BCUT2D eigenvalue weighted by Crippen LogP contribution is -2.34. The summed E-state index contributed by atoms with van der Waals surface area (Å²) >= 11 is 0. The van der Waals surface area contributed by atoms with Crippen molar-refractivity contribution in [3.8, 4) is 0 Å². The molecule has 3 rings (SSSR count). The fourth-order valence-electron chi connectivity index (χ4n) is 2.82. The number of benzene rings is 1. The summed E-state index contributed by atoms with van der Waals surface area (Å²) in [5, 5.41) is 0. The summed E-state index contributed by atoms with van der Waals surface area (Å²) in [6.45, 7) is 1.60. The largest absolute Gasteiger partial charge is 0.390 e. The van der Waals surface area contributed by atoms with Gasteiger partial charge in [-0.1, -0.05) is 12.1 Å². The first-order chi connectivity index (χ1) is 8.83. The predicted molar refractivity (Wildman–Crippen MR) is 65.1 cm³/mol. The van der Waals surface area contributed by atoms with Crippen molar-refractivity contribution in [1.29, 1.82) is 0 Å². The maximum atomic E-state index is 12.4. The van der Waals surface area contributed by atoms with Gasteiger partial charge in [0.15, 0.2) is 0 Å². The van der Waals surface area contributed by atoms with Crippen LogP contribution in [0.1, 0.15) is 30.4 Å². The van der Waals surface area contributed by atoms with E-state index in [4.69, 9.17) is 0 Å². The van der Waals surface area contributed by atoms with Crippen LogP contribution in [0.4, 0.5) is 18.9 Å². The Morgan fingerprint density at radius 1 is 1.32 bits per heavy atom. The lowest BCUT2D eigenvalue weighted by molar-refractivity contribution is -0.133. The molecule has 1 aliphatic heterocycles. The second-order valence-electron chi connectivity index (χ2n) is 5.42. The number of anilines is 1. The SMILES string of the molecule is Cc1ccc2c(c1)N(CCC(F)(F)F)C(=O)C21CC1. The normalized spacial score (nSPS) is 20.0. The van der Waals surface area contributed by atoms with Crippen LogP contribution in [0.2, 0.25) is 0 Å². The number of fused-ring (bicyclic) bond motifs is 2. The number of alkyl halides is 3. The Kier molecular flexibility index (Phi) is 2.46. The summed E-state index contributed by atoms with van der Waals surface area (Å²) in [4.78, 5) is 13.7. The molecule has 1 fully saturated rings. The summed E-state index contributed by atoms with van der Waals surface area (Å²) < 4.78 is 37.1. The highest BCUT2D eigenvalue weighted by Crippen LogP contribution is 2.57. The summed E-state index contributed by atoms with van der Waals surface area (Å²) in [5.41, 5.74) is 2.03. The molecule has 1 amide bonds. The zero-order chi connectivity index (χ0) is 13.8. The molecule has 102 valence electrons. The van der Waals surface area contributed by atoms with Crippen LogP contribution in [-0.4, -0.2) is 18.6 Å². The van der Waals surface area contributed by atoms with Crippen molar-refractivity contribution in [3.05, 3.63) is 29.3 Å². The third-order valence-electron chi connectivity index (χ3n) is 3.98. The molecule has 1 heterocycles. The highest BCUT2D eigenvalue weighted by atomic mass is 19.4. The molecule has 1 aliphatic carbocycles. The second kappa shape index (κ2) is 3.74. The van der Waals surface area contributed by atoms with Gasteiger partial charge in [-0.3, -0.25) is 4.79 Å². The van der Waals surface area contributed by atoms with Crippen LogP contribution in [0.15, 0.2) is 18.2 Å². The Balaban J connectivity index is 1.94. The lowest BCUT2D eigenvalue weighted by Gasteiger charge is -2.19. The Labute approximate surface area is 109 Å². The third-order valence-corrected chi connectivity index (χ3v) is 3.98. The van der Waals surface area contributed by atoms with E-state index in [1.165, 1.54) is 4.90 Å². The van der Waals surface area contributed by atoms with Crippen molar-refractivity contribution in [2.24, 2.45) is 0 Å². The van der Waals surface area contributed by atoms with Crippen LogP contribution in [0.25, 0.3) is 0 Å². The summed E-state index contributed by atoms with van der Waals surface area (Å²) in [5.74, 6) is -0.155. The van der Waals surface area contributed by atoms with Crippen LogP contribution in [0.3, 0.4) is 0 Å². The third kappa shape index (κ3) is 1.91. The Morgan fingerprint density at radius 3 is 2.58 bits per heavy atom. The van der Waals surface area contributed by atoms with Crippen LogP contribution >= 0.6 is 0 Å². The molecule has 2 nitrogen and oxygen atoms in total. The van der Waals surface area contributed by atoms with Crippen molar-refractivity contribution in [2.75, 3.05) is 11.4 Å². The number of rotatable bonds is 2. The fourth-order valence-corrected chi connectivity index (χ4v) is 2.82. The van der Waals surface area contributed by atoms with Crippen molar-refractivity contribution in [3.63, 3.8) is 0 Å². The lowest BCUT2D eigenvalue weighted by atomic mass is 9.97. The van der Waals surface area contributed by atoms with E-state index in [1.54, 1.807) is 0 Å². The van der Waals surface area contributed by atoms with Gasteiger partial charge in [0.05, 0.1) is 11.8 Å². The molecule has 1 aromatic carbocycles. The molecule has 1 aromatic rings. The smallest absolute Gasteiger partial charge is 0.311 e. The Bertz CT molecular complexity index is 546. The first kappa shape index (κ1) is 12.5. The van der Waals surface area contributed by atoms with Gasteiger partial charge in [0, 0.05) is 12.2 Å². The molecule has 0 aromatic heterocycles. The minimum absolute atomic E-state index is 0.155. The second-order valence-corrected chi connectivity index (χ2v) is 5.42. The topological polar surface area (TPSA) is 20.3 Å². The minimum atomic E-state index is -4.23. The van der Waals surface area contributed by atoms with Gasteiger partial charge in [0.25, 0.3) is 0 Å². The van der Waals surface area contributed by atoms with E-state index in [0.29, 0.717) is 5.69 Å². The van der Waals surface area contributed by atoms with Gasteiger partial charge in [0.1, 0.15) is 0 Å². The maximum absolute atomic E-state index is 12.4. The zero-order valence-corrected chi connectivity index (χ0v) is 10.5. The molecule has 19 heavy (non-hydrogen) atoms. The molecular formula is C14H14F3NO. The average molecular weight is 269 g/mol. The van der Waals surface area contributed by atoms with Crippen LogP contribution in [0, 0.1) is 6.92 Å². The predicted octanol–water partition coefficient (Wildman–Crippen LogP) is 3.33. The molecule has 5 heteroatoms. The number of hydrogen-bond donors (Lipinski definition) is 0. The number of carbonyl (C=O) groups excluding carboxylic acids is 1. The van der Waals surface area contributed by atoms with E-state index in [1.807, 2.05) is 25.1 Å². The number of hydrogen-bond acceptors (Lipinski definition) is 1. The fraction of sp³-hybridized carbons (Fsp3) is 0.500. The average Bonchev–Trinajstić information content (AvgIpc) is 3.04. The molecule has 1 saturated carbocycles. The molecule has 0 atom stereocenters. The van der Waals surface area contributed by atoms with Crippen LogP contribution in [0.5, 0.6) is 0 Å². The highest BCUT2D eigenvalue weighted by Gasteiger charge is 2.59. The van der Waals surface area contributed by atoms with E-state index in [-0.39, 0.29) is 12.5 Å². The monoisotopic (exact) mass is 269 g/mol. The standard InChI is InChI=1S/C14H14F3NO/c1-9-2-3-10-11(8-9)18(7-6-14(15,16)17)12(19)13(10)4-5-13/h2-3,8H,4-7H2,1H3. The molecule has 1 spiro atoms. The van der Waals surface area contributed by atoms with Gasteiger partial charge in [-0.05, 0) is 37.0 Å². The van der Waals surface area contributed by atoms with Crippen LogP contribution < -0.4 is 4.90 Å². The molecule has 0 bridgehead atoms. The van der Waals surface area contributed by atoms with E-state index >= 15 is 0 Å². The van der Waals surface area contributed by atoms with Gasteiger partial charge in [-0.2, -0.15) is 13.2 Å².